The molecule has 0 aromatic heterocycles. The van der Waals surface area contributed by atoms with Crippen molar-refractivity contribution in [2.24, 2.45) is 5.92 Å². The van der Waals surface area contributed by atoms with Gasteiger partial charge in [0.15, 0.2) is 0 Å². The number of rotatable bonds is 4. The Balaban J connectivity index is 1.71. The zero-order chi connectivity index (χ0) is 14.4. The topological polar surface area (TPSA) is 61.8 Å². The van der Waals surface area contributed by atoms with Crippen molar-refractivity contribution in [2.75, 3.05) is 6.61 Å². The van der Waals surface area contributed by atoms with E-state index in [0.29, 0.717) is 32.3 Å². The first kappa shape index (κ1) is 15.0. The predicted molar refractivity (Wildman–Crippen MR) is 71.7 cm³/mol. The highest BCUT2D eigenvalue weighted by molar-refractivity contribution is 5.81. The zero-order valence-electron chi connectivity index (χ0n) is 11.7. The maximum Gasteiger partial charge on any atom is 0.330 e. The fraction of sp³-hybridized carbons (Fsp3) is 0.733. The molecular formula is C15H22O5. The van der Waals surface area contributed by atoms with Crippen LogP contribution in [-0.2, 0) is 23.8 Å². The molecule has 1 saturated carbocycles. The zero-order valence-corrected chi connectivity index (χ0v) is 11.7. The lowest BCUT2D eigenvalue weighted by Crippen LogP contribution is -2.32. The molecule has 2 fully saturated rings. The van der Waals surface area contributed by atoms with Gasteiger partial charge in [0.05, 0.1) is 12.5 Å². The summed E-state index contributed by atoms with van der Waals surface area (Å²) in [6.07, 6.45) is 6.36. The third-order valence-electron chi connectivity index (χ3n) is 3.84. The normalized spacial score (nSPS) is 30.3. The molecule has 112 valence electrons. The molecule has 1 saturated heterocycles. The Morgan fingerprint density at radius 1 is 1.05 bits per heavy atom. The molecule has 0 radical (unpaired) electrons. The van der Waals surface area contributed by atoms with E-state index in [0.717, 1.165) is 19.3 Å². The lowest BCUT2D eigenvalue weighted by Gasteiger charge is -2.29. The van der Waals surface area contributed by atoms with E-state index in [1.165, 1.54) is 6.08 Å². The largest absolute Gasteiger partial charge is 0.459 e. The van der Waals surface area contributed by atoms with E-state index in [9.17, 15) is 9.59 Å². The fourth-order valence-electron chi connectivity index (χ4n) is 2.66. The van der Waals surface area contributed by atoms with Crippen LogP contribution in [0.3, 0.4) is 0 Å². The van der Waals surface area contributed by atoms with Crippen molar-refractivity contribution >= 4 is 11.9 Å². The summed E-state index contributed by atoms with van der Waals surface area (Å²) in [6, 6.07) is 0. The second kappa shape index (κ2) is 7.43. The Morgan fingerprint density at radius 3 is 2.40 bits per heavy atom. The molecule has 5 nitrogen and oxygen atoms in total. The standard InChI is InChI=1S/C15H22O5/c1-2-13(16)19-12-8-6-11(7-9-12)15(17)20-14-5-3-4-10-18-14/h2,11-12,14H,1,3-10H2. The molecule has 1 heterocycles. The number of hydrogen-bond donors (Lipinski definition) is 0. The van der Waals surface area contributed by atoms with E-state index in [4.69, 9.17) is 14.2 Å². The molecule has 0 aromatic carbocycles. The van der Waals surface area contributed by atoms with Gasteiger partial charge in [-0.1, -0.05) is 6.58 Å². The molecule has 1 unspecified atom stereocenters. The van der Waals surface area contributed by atoms with Crippen LogP contribution in [0.25, 0.3) is 0 Å². The third-order valence-corrected chi connectivity index (χ3v) is 3.84. The van der Waals surface area contributed by atoms with Gasteiger partial charge in [-0.05, 0) is 38.5 Å². The second-order valence-corrected chi connectivity index (χ2v) is 5.35. The summed E-state index contributed by atoms with van der Waals surface area (Å²) >= 11 is 0. The van der Waals surface area contributed by atoms with E-state index in [2.05, 4.69) is 6.58 Å². The summed E-state index contributed by atoms with van der Waals surface area (Å²) in [5, 5.41) is 0. The average molecular weight is 282 g/mol. The first-order chi connectivity index (χ1) is 9.69. The lowest BCUT2D eigenvalue weighted by molar-refractivity contribution is -0.192. The summed E-state index contributed by atoms with van der Waals surface area (Å²) in [4.78, 5) is 23.1. The molecule has 5 heteroatoms. The third kappa shape index (κ3) is 4.34. The Morgan fingerprint density at radius 2 is 1.80 bits per heavy atom. The van der Waals surface area contributed by atoms with Crippen molar-refractivity contribution in [1.82, 2.24) is 0 Å². The van der Waals surface area contributed by atoms with Crippen molar-refractivity contribution in [3.63, 3.8) is 0 Å². The summed E-state index contributed by atoms with van der Waals surface area (Å²) in [7, 11) is 0. The van der Waals surface area contributed by atoms with Gasteiger partial charge in [-0.3, -0.25) is 4.79 Å². The van der Waals surface area contributed by atoms with Crippen LogP contribution < -0.4 is 0 Å². The van der Waals surface area contributed by atoms with Crippen LogP contribution >= 0.6 is 0 Å². The van der Waals surface area contributed by atoms with E-state index < -0.39 is 5.97 Å². The van der Waals surface area contributed by atoms with Crippen molar-refractivity contribution in [3.05, 3.63) is 12.7 Å². The minimum absolute atomic E-state index is 0.0980. The summed E-state index contributed by atoms with van der Waals surface area (Å²) in [6.45, 7) is 4.04. The number of ether oxygens (including phenoxy) is 3. The lowest BCUT2D eigenvalue weighted by atomic mass is 9.87. The van der Waals surface area contributed by atoms with Gasteiger partial charge in [0.1, 0.15) is 6.10 Å². The maximum absolute atomic E-state index is 12.0. The van der Waals surface area contributed by atoms with Gasteiger partial charge >= 0.3 is 11.9 Å². The van der Waals surface area contributed by atoms with Crippen molar-refractivity contribution in [1.29, 1.82) is 0 Å². The molecule has 1 aliphatic carbocycles. The fourth-order valence-corrected chi connectivity index (χ4v) is 2.66. The van der Waals surface area contributed by atoms with Gasteiger partial charge in [0, 0.05) is 12.5 Å². The van der Waals surface area contributed by atoms with Gasteiger partial charge < -0.3 is 14.2 Å². The number of carbonyl (C=O) groups is 2. The Hall–Kier alpha value is -1.36. The molecule has 2 aliphatic rings. The van der Waals surface area contributed by atoms with Crippen LogP contribution in [0.5, 0.6) is 0 Å². The van der Waals surface area contributed by atoms with Gasteiger partial charge in [0.2, 0.25) is 6.29 Å². The smallest absolute Gasteiger partial charge is 0.330 e. The number of hydrogen-bond acceptors (Lipinski definition) is 5. The summed E-state index contributed by atoms with van der Waals surface area (Å²) in [5.41, 5.74) is 0. The van der Waals surface area contributed by atoms with Crippen molar-refractivity contribution in [3.8, 4) is 0 Å². The number of carbonyl (C=O) groups excluding carboxylic acids is 2. The SMILES string of the molecule is C=CC(=O)OC1CCC(C(=O)OC2CCCCO2)CC1. The minimum Gasteiger partial charge on any atom is -0.459 e. The quantitative estimate of drug-likeness (QED) is 0.585. The van der Waals surface area contributed by atoms with E-state index in [-0.39, 0.29) is 24.3 Å². The Labute approximate surface area is 119 Å². The van der Waals surface area contributed by atoms with Crippen LogP contribution in [-0.4, -0.2) is 30.9 Å². The molecule has 0 aromatic rings. The van der Waals surface area contributed by atoms with Gasteiger partial charge in [0.25, 0.3) is 0 Å². The highest BCUT2D eigenvalue weighted by Crippen LogP contribution is 2.28. The number of esters is 2. The highest BCUT2D eigenvalue weighted by Gasteiger charge is 2.30. The monoisotopic (exact) mass is 282 g/mol. The van der Waals surface area contributed by atoms with Gasteiger partial charge in [-0.2, -0.15) is 0 Å². The molecule has 1 aliphatic heterocycles. The molecule has 0 bridgehead atoms. The highest BCUT2D eigenvalue weighted by atomic mass is 16.7. The van der Waals surface area contributed by atoms with Crippen LogP contribution in [0.15, 0.2) is 12.7 Å². The average Bonchev–Trinajstić information content (AvgIpc) is 2.49. The van der Waals surface area contributed by atoms with Crippen molar-refractivity contribution in [2.45, 2.75) is 57.3 Å². The molecular weight excluding hydrogens is 260 g/mol. The molecule has 0 amide bonds. The predicted octanol–water partition coefficient (Wildman–Crippen LogP) is 2.34. The molecule has 0 N–H and O–H groups in total. The van der Waals surface area contributed by atoms with Crippen LogP contribution in [0.1, 0.15) is 44.9 Å². The first-order valence-corrected chi connectivity index (χ1v) is 7.34. The molecule has 0 spiro atoms. The van der Waals surface area contributed by atoms with Crippen molar-refractivity contribution < 1.29 is 23.8 Å². The van der Waals surface area contributed by atoms with Gasteiger partial charge in [-0.25, -0.2) is 4.79 Å². The minimum atomic E-state index is -0.397. The summed E-state index contributed by atoms with van der Waals surface area (Å²) in [5.74, 6) is -0.670. The molecule has 2 rings (SSSR count). The van der Waals surface area contributed by atoms with Crippen LogP contribution in [0.4, 0.5) is 0 Å². The maximum atomic E-state index is 12.0. The van der Waals surface area contributed by atoms with E-state index >= 15 is 0 Å². The Bertz CT molecular complexity index is 351. The Kier molecular flexibility index (Phi) is 5.59. The van der Waals surface area contributed by atoms with E-state index in [1.54, 1.807) is 0 Å². The second-order valence-electron chi connectivity index (χ2n) is 5.35. The van der Waals surface area contributed by atoms with Crippen LogP contribution in [0.2, 0.25) is 0 Å². The van der Waals surface area contributed by atoms with E-state index in [1.807, 2.05) is 0 Å². The van der Waals surface area contributed by atoms with Gasteiger partial charge in [-0.15, -0.1) is 0 Å². The van der Waals surface area contributed by atoms with Crippen LogP contribution in [0, 0.1) is 5.92 Å². The summed E-state index contributed by atoms with van der Waals surface area (Å²) < 4.78 is 16.0. The first-order valence-electron chi connectivity index (χ1n) is 7.34. The molecule has 20 heavy (non-hydrogen) atoms. The molecule has 1 atom stereocenters.